The van der Waals surface area contributed by atoms with Crippen LogP contribution in [0.3, 0.4) is 0 Å². The van der Waals surface area contributed by atoms with Crippen molar-refractivity contribution in [3.63, 3.8) is 0 Å². The predicted molar refractivity (Wildman–Crippen MR) is 98.3 cm³/mol. The summed E-state index contributed by atoms with van der Waals surface area (Å²) in [5, 5.41) is 6.69. The van der Waals surface area contributed by atoms with Crippen LogP contribution in [0, 0.1) is 5.92 Å². The molecule has 0 aliphatic rings. The van der Waals surface area contributed by atoms with E-state index in [0.29, 0.717) is 35.8 Å². The summed E-state index contributed by atoms with van der Waals surface area (Å²) in [6.07, 6.45) is 0. The first-order valence-corrected chi connectivity index (χ1v) is 8.30. The molecule has 1 atom stereocenters. The minimum atomic E-state index is 0.322. The van der Waals surface area contributed by atoms with Gasteiger partial charge in [0.25, 0.3) is 0 Å². The van der Waals surface area contributed by atoms with Crippen LogP contribution in [0.15, 0.2) is 17.1 Å². The molecule has 0 saturated carbocycles. The summed E-state index contributed by atoms with van der Waals surface area (Å²) >= 11 is 0. The summed E-state index contributed by atoms with van der Waals surface area (Å²) in [5.74, 6) is 3.37. The van der Waals surface area contributed by atoms with Crippen molar-refractivity contribution in [2.75, 3.05) is 27.9 Å². The summed E-state index contributed by atoms with van der Waals surface area (Å²) in [5.41, 5.74) is 0.884. The molecular weight excluding hydrogens is 306 g/mol. The lowest BCUT2D eigenvalue weighted by Gasteiger charge is -2.21. The van der Waals surface area contributed by atoms with E-state index >= 15 is 0 Å². The van der Waals surface area contributed by atoms with E-state index in [1.54, 1.807) is 21.3 Å². The van der Waals surface area contributed by atoms with Gasteiger partial charge in [-0.2, -0.15) is 0 Å². The Kier molecular flexibility index (Phi) is 8.22. The van der Waals surface area contributed by atoms with Crippen LogP contribution in [0.5, 0.6) is 17.2 Å². The second-order valence-electron chi connectivity index (χ2n) is 5.88. The summed E-state index contributed by atoms with van der Waals surface area (Å²) in [6.45, 7) is 9.79. The lowest BCUT2D eigenvalue weighted by atomic mass is 10.1. The third-order valence-corrected chi connectivity index (χ3v) is 3.92. The fourth-order valence-electron chi connectivity index (χ4n) is 2.09. The number of nitrogens with one attached hydrogen (secondary N) is 2. The first kappa shape index (κ1) is 19.9. The summed E-state index contributed by atoms with van der Waals surface area (Å²) in [6, 6.07) is 4.00. The maximum atomic E-state index is 5.47. The number of guanidine groups is 1. The Labute approximate surface area is 145 Å². The van der Waals surface area contributed by atoms with Gasteiger partial charge in [-0.3, -0.25) is 0 Å². The van der Waals surface area contributed by atoms with Gasteiger partial charge in [-0.1, -0.05) is 13.8 Å². The van der Waals surface area contributed by atoms with Crippen LogP contribution >= 0.6 is 0 Å². The Morgan fingerprint density at radius 2 is 1.62 bits per heavy atom. The van der Waals surface area contributed by atoms with Gasteiger partial charge in [-0.25, -0.2) is 4.99 Å². The van der Waals surface area contributed by atoms with Gasteiger partial charge in [0.15, 0.2) is 5.96 Å². The van der Waals surface area contributed by atoms with Gasteiger partial charge in [-0.15, -0.1) is 0 Å². The minimum absolute atomic E-state index is 0.322. The van der Waals surface area contributed by atoms with Crippen molar-refractivity contribution < 1.29 is 14.2 Å². The Morgan fingerprint density at radius 3 is 2.04 bits per heavy atom. The highest BCUT2D eigenvalue weighted by Gasteiger charge is 2.14. The third kappa shape index (κ3) is 5.51. The molecule has 0 aliphatic heterocycles. The molecule has 1 aromatic carbocycles. The first-order valence-electron chi connectivity index (χ1n) is 8.30. The lowest BCUT2D eigenvalue weighted by molar-refractivity contribution is 0.369. The maximum Gasteiger partial charge on any atom is 0.191 e. The number of ether oxygens (including phenoxy) is 3. The van der Waals surface area contributed by atoms with Crippen molar-refractivity contribution in [3.05, 3.63) is 17.7 Å². The number of aliphatic imine (C=N–C) groups is 1. The van der Waals surface area contributed by atoms with E-state index < -0.39 is 0 Å². The molecule has 0 fully saturated rings. The van der Waals surface area contributed by atoms with Gasteiger partial charge in [0.2, 0.25) is 0 Å². The number of methoxy groups -OCH3 is 3. The van der Waals surface area contributed by atoms with E-state index in [9.17, 15) is 0 Å². The highest BCUT2D eigenvalue weighted by atomic mass is 16.5. The second kappa shape index (κ2) is 9.90. The Balaban J connectivity index is 3.07. The van der Waals surface area contributed by atoms with Crippen LogP contribution in [0.1, 0.15) is 33.3 Å². The lowest BCUT2D eigenvalue weighted by Crippen LogP contribution is -2.44. The van der Waals surface area contributed by atoms with Crippen molar-refractivity contribution in [2.45, 2.75) is 40.3 Å². The van der Waals surface area contributed by atoms with Crippen LogP contribution < -0.4 is 24.8 Å². The van der Waals surface area contributed by atoms with Gasteiger partial charge < -0.3 is 24.8 Å². The molecule has 0 amide bonds. The zero-order valence-corrected chi connectivity index (χ0v) is 15.9. The molecule has 6 heteroatoms. The van der Waals surface area contributed by atoms with Crippen molar-refractivity contribution in [1.82, 2.24) is 10.6 Å². The molecule has 0 bridgehead atoms. The molecule has 136 valence electrons. The molecule has 0 spiro atoms. The van der Waals surface area contributed by atoms with Crippen LogP contribution in [-0.4, -0.2) is 39.9 Å². The molecule has 24 heavy (non-hydrogen) atoms. The normalized spacial score (nSPS) is 12.8. The zero-order chi connectivity index (χ0) is 18.1. The number of nitrogens with zero attached hydrogens (tertiary/aromatic N) is 1. The van der Waals surface area contributed by atoms with E-state index in [0.717, 1.165) is 18.1 Å². The van der Waals surface area contributed by atoms with E-state index in [-0.39, 0.29) is 0 Å². The molecule has 0 heterocycles. The fraction of sp³-hybridized carbons (Fsp3) is 0.611. The van der Waals surface area contributed by atoms with Crippen molar-refractivity contribution in [2.24, 2.45) is 10.9 Å². The molecule has 0 aromatic heterocycles. The van der Waals surface area contributed by atoms with E-state index in [4.69, 9.17) is 14.2 Å². The van der Waals surface area contributed by atoms with Gasteiger partial charge in [-0.05, 0) is 19.8 Å². The van der Waals surface area contributed by atoms with Gasteiger partial charge in [0.1, 0.15) is 17.2 Å². The standard InChI is InChI=1S/C18H31N3O3/c1-8-19-18(21-13(4)12(2)3)20-11-15-16(23-6)9-14(22-5)10-17(15)24-7/h9-10,12-13H,8,11H2,1-7H3,(H2,19,20,21). The molecular formula is C18H31N3O3. The minimum Gasteiger partial charge on any atom is -0.496 e. The third-order valence-electron chi connectivity index (χ3n) is 3.92. The second-order valence-corrected chi connectivity index (χ2v) is 5.88. The number of hydrogen-bond donors (Lipinski definition) is 2. The van der Waals surface area contributed by atoms with Crippen LogP contribution in [0.4, 0.5) is 0 Å². The van der Waals surface area contributed by atoms with Gasteiger partial charge in [0.05, 0.1) is 33.4 Å². The van der Waals surface area contributed by atoms with Crippen molar-refractivity contribution in [3.8, 4) is 17.2 Å². The molecule has 6 nitrogen and oxygen atoms in total. The number of benzene rings is 1. The smallest absolute Gasteiger partial charge is 0.191 e. The fourth-order valence-corrected chi connectivity index (χ4v) is 2.09. The van der Waals surface area contributed by atoms with Crippen molar-refractivity contribution in [1.29, 1.82) is 0 Å². The highest BCUT2D eigenvalue weighted by Crippen LogP contribution is 2.34. The topological polar surface area (TPSA) is 64.1 Å². The van der Waals surface area contributed by atoms with Crippen LogP contribution in [0.2, 0.25) is 0 Å². The quantitative estimate of drug-likeness (QED) is 0.564. The molecule has 1 rings (SSSR count). The predicted octanol–water partition coefficient (Wildman–Crippen LogP) is 2.81. The van der Waals surface area contributed by atoms with E-state index in [1.807, 2.05) is 19.1 Å². The monoisotopic (exact) mass is 337 g/mol. The first-order chi connectivity index (χ1) is 11.5. The molecule has 0 radical (unpaired) electrons. The SMILES string of the molecule is CCNC(=NCc1c(OC)cc(OC)cc1OC)NC(C)C(C)C. The summed E-state index contributed by atoms with van der Waals surface area (Å²) in [4.78, 5) is 4.67. The van der Waals surface area contributed by atoms with Gasteiger partial charge >= 0.3 is 0 Å². The average Bonchev–Trinajstić information content (AvgIpc) is 2.58. The largest absolute Gasteiger partial charge is 0.496 e. The summed E-state index contributed by atoms with van der Waals surface area (Å²) < 4.78 is 16.2. The maximum absolute atomic E-state index is 5.47. The van der Waals surface area contributed by atoms with E-state index in [2.05, 4.69) is 36.4 Å². The average molecular weight is 337 g/mol. The van der Waals surface area contributed by atoms with Crippen molar-refractivity contribution >= 4 is 5.96 Å². The summed E-state index contributed by atoms with van der Waals surface area (Å²) in [7, 11) is 4.88. The van der Waals surface area contributed by atoms with Crippen LogP contribution in [-0.2, 0) is 6.54 Å². The number of hydrogen-bond acceptors (Lipinski definition) is 4. The van der Waals surface area contributed by atoms with E-state index in [1.165, 1.54) is 0 Å². The Hall–Kier alpha value is -2.11. The molecule has 2 N–H and O–H groups in total. The zero-order valence-electron chi connectivity index (χ0n) is 15.9. The molecule has 1 unspecified atom stereocenters. The Morgan fingerprint density at radius 1 is 1.04 bits per heavy atom. The Bertz CT molecular complexity index is 519. The van der Waals surface area contributed by atoms with Crippen LogP contribution in [0.25, 0.3) is 0 Å². The molecule has 1 aromatic rings. The highest BCUT2D eigenvalue weighted by molar-refractivity contribution is 5.80. The van der Waals surface area contributed by atoms with Gasteiger partial charge in [0, 0.05) is 24.7 Å². The number of rotatable bonds is 8. The molecule has 0 aliphatic carbocycles. The molecule has 0 saturated heterocycles.